The van der Waals surface area contributed by atoms with Crippen molar-refractivity contribution in [2.75, 3.05) is 0 Å². The Hall–Kier alpha value is -4.24. The molecule has 192 valence electrons. The second-order valence-electron chi connectivity index (χ2n) is 11.0. The Morgan fingerprint density at radius 3 is 2.20 bits per heavy atom. The van der Waals surface area contributed by atoms with Crippen molar-refractivity contribution in [3.63, 3.8) is 0 Å². The lowest BCUT2D eigenvalue weighted by Gasteiger charge is -2.15. The molecule has 0 fully saturated rings. The van der Waals surface area contributed by atoms with Crippen LogP contribution >= 0.6 is 27.3 Å². The van der Waals surface area contributed by atoms with Crippen molar-refractivity contribution in [2.24, 2.45) is 0 Å². The number of benzene rings is 7. The van der Waals surface area contributed by atoms with Crippen LogP contribution in [0.15, 0.2) is 138 Å². The molecule has 0 radical (unpaired) electrons. The Bertz CT molecular complexity index is 2330. The van der Waals surface area contributed by atoms with Crippen LogP contribution in [0.25, 0.3) is 64.0 Å². The van der Waals surface area contributed by atoms with E-state index in [9.17, 15) is 0 Å². The highest BCUT2D eigenvalue weighted by Crippen LogP contribution is 2.55. The van der Waals surface area contributed by atoms with Crippen LogP contribution in [0.4, 0.5) is 0 Å². The first-order valence-corrected chi connectivity index (χ1v) is 15.6. The standard InChI is InChI=1S/C39H23BrS/c40-34-22-32-30-12-6-7-13-31(30)36(24-9-2-1-3-10-24)38(32)39-37(34)33-21-26(17-19-35(33)41-39)25-16-18-29-27(20-25)15-14-23-8-4-5-11-28(23)29/h1-22,36H. The average molecular weight is 604 g/mol. The van der Waals surface area contributed by atoms with E-state index < -0.39 is 0 Å². The van der Waals surface area contributed by atoms with Gasteiger partial charge in [-0.25, -0.2) is 0 Å². The van der Waals surface area contributed by atoms with Gasteiger partial charge in [-0.15, -0.1) is 11.3 Å². The molecule has 1 atom stereocenters. The molecule has 8 aromatic rings. The summed E-state index contributed by atoms with van der Waals surface area (Å²) in [5.41, 5.74) is 9.39. The van der Waals surface area contributed by atoms with Gasteiger partial charge >= 0.3 is 0 Å². The van der Waals surface area contributed by atoms with Crippen molar-refractivity contribution >= 4 is 69.0 Å². The van der Waals surface area contributed by atoms with Crippen molar-refractivity contribution < 1.29 is 0 Å². The predicted molar refractivity (Wildman–Crippen MR) is 180 cm³/mol. The number of hydrogen-bond donors (Lipinski definition) is 0. The van der Waals surface area contributed by atoms with Crippen LogP contribution in [0, 0.1) is 0 Å². The first-order chi connectivity index (χ1) is 20.2. The van der Waals surface area contributed by atoms with Gasteiger partial charge in [0.25, 0.3) is 0 Å². The summed E-state index contributed by atoms with van der Waals surface area (Å²) < 4.78 is 3.88. The maximum Gasteiger partial charge on any atom is 0.0414 e. The van der Waals surface area contributed by atoms with Crippen LogP contribution in [0.3, 0.4) is 0 Å². The van der Waals surface area contributed by atoms with Crippen LogP contribution in [0.2, 0.25) is 0 Å². The summed E-state index contributed by atoms with van der Waals surface area (Å²) in [7, 11) is 0. The summed E-state index contributed by atoms with van der Waals surface area (Å²) in [6.45, 7) is 0. The minimum Gasteiger partial charge on any atom is -0.135 e. The van der Waals surface area contributed by atoms with Crippen LogP contribution in [-0.4, -0.2) is 0 Å². The third kappa shape index (κ3) is 3.45. The Balaban J connectivity index is 1.27. The molecule has 0 saturated heterocycles. The molecule has 41 heavy (non-hydrogen) atoms. The lowest BCUT2D eigenvalue weighted by molar-refractivity contribution is 1.03. The molecule has 1 unspecified atom stereocenters. The molecule has 0 bridgehead atoms. The fourth-order valence-corrected chi connectivity index (χ4v) is 9.00. The highest BCUT2D eigenvalue weighted by molar-refractivity contribution is 9.10. The monoisotopic (exact) mass is 602 g/mol. The fraction of sp³-hybridized carbons (Fsp3) is 0.0256. The van der Waals surface area contributed by atoms with Crippen molar-refractivity contribution in [1.29, 1.82) is 0 Å². The zero-order valence-corrected chi connectivity index (χ0v) is 24.5. The molecule has 0 amide bonds. The molecule has 0 nitrogen and oxygen atoms in total. The van der Waals surface area contributed by atoms with Crippen LogP contribution in [-0.2, 0) is 0 Å². The van der Waals surface area contributed by atoms with Gasteiger partial charge in [-0.2, -0.15) is 0 Å². The first kappa shape index (κ1) is 23.5. The van der Waals surface area contributed by atoms with E-state index in [1.165, 1.54) is 85.1 Å². The van der Waals surface area contributed by atoms with Crippen LogP contribution in [0.5, 0.6) is 0 Å². The summed E-state index contributed by atoms with van der Waals surface area (Å²) in [5, 5.41) is 7.82. The smallest absolute Gasteiger partial charge is 0.0414 e. The second kappa shape index (κ2) is 8.88. The van der Waals surface area contributed by atoms with Crippen molar-refractivity contribution in [2.45, 2.75) is 5.92 Å². The SMILES string of the molecule is Brc1cc2c(c3sc4ccc(-c5ccc6c(ccc7ccccc76)c5)cc4c13)C(c1ccccc1)c1ccccc1-2. The van der Waals surface area contributed by atoms with Gasteiger partial charge in [0, 0.05) is 30.6 Å². The van der Waals surface area contributed by atoms with E-state index in [4.69, 9.17) is 0 Å². The molecule has 0 aliphatic heterocycles. The largest absolute Gasteiger partial charge is 0.135 e. The zero-order chi connectivity index (χ0) is 27.1. The van der Waals surface area contributed by atoms with Crippen molar-refractivity contribution in [1.82, 2.24) is 0 Å². The summed E-state index contributed by atoms with van der Waals surface area (Å²) in [5.74, 6) is 0.237. The molecular weight excluding hydrogens is 580 g/mol. The predicted octanol–water partition coefficient (Wildman–Crippen LogP) is 12.0. The minimum atomic E-state index is 0.237. The molecule has 1 aliphatic rings. The van der Waals surface area contributed by atoms with E-state index >= 15 is 0 Å². The maximum absolute atomic E-state index is 4.02. The molecule has 0 saturated carbocycles. The lowest BCUT2D eigenvalue weighted by atomic mass is 9.89. The van der Waals surface area contributed by atoms with Crippen molar-refractivity contribution in [3.8, 4) is 22.3 Å². The Morgan fingerprint density at radius 2 is 1.27 bits per heavy atom. The van der Waals surface area contributed by atoms with E-state index in [0.29, 0.717) is 0 Å². The summed E-state index contributed by atoms with van der Waals surface area (Å²) in [6, 6.07) is 49.3. The third-order valence-electron chi connectivity index (χ3n) is 8.79. The topological polar surface area (TPSA) is 0 Å². The molecule has 1 aromatic heterocycles. The van der Waals surface area contributed by atoms with Gasteiger partial charge in [0.05, 0.1) is 0 Å². The first-order valence-electron chi connectivity index (χ1n) is 14.0. The fourth-order valence-electron chi connectivity index (χ4n) is 6.95. The van der Waals surface area contributed by atoms with Crippen LogP contribution < -0.4 is 0 Å². The van der Waals surface area contributed by atoms with Gasteiger partial charge in [0.2, 0.25) is 0 Å². The third-order valence-corrected chi connectivity index (χ3v) is 10.6. The van der Waals surface area contributed by atoms with Crippen molar-refractivity contribution in [3.05, 3.63) is 155 Å². The summed E-state index contributed by atoms with van der Waals surface area (Å²) >= 11 is 5.95. The number of hydrogen-bond acceptors (Lipinski definition) is 1. The van der Waals surface area contributed by atoms with Gasteiger partial charge < -0.3 is 0 Å². The van der Waals surface area contributed by atoms with E-state index in [2.05, 4.69) is 149 Å². The van der Waals surface area contributed by atoms with Gasteiger partial charge in [0.15, 0.2) is 0 Å². The molecule has 1 aliphatic carbocycles. The highest BCUT2D eigenvalue weighted by Gasteiger charge is 2.33. The van der Waals surface area contributed by atoms with E-state index in [0.717, 1.165) is 0 Å². The molecule has 0 N–H and O–H groups in total. The Kier molecular flexibility index (Phi) is 5.08. The van der Waals surface area contributed by atoms with E-state index in [1.54, 1.807) is 0 Å². The molecule has 2 heteroatoms. The van der Waals surface area contributed by atoms with Gasteiger partial charge in [-0.3, -0.25) is 0 Å². The summed E-state index contributed by atoms with van der Waals surface area (Å²) in [6.07, 6.45) is 0. The summed E-state index contributed by atoms with van der Waals surface area (Å²) in [4.78, 5) is 0. The number of thiophene rings is 1. The Morgan fingerprint density at radius 1 is 0.537 bits per heavy atom. The molecule has 1 heterocycles. The number of halogens is 1. The highest BCUT2D eigenvalue weighted by atomic mass is 79.9. The Labute approximate surface area is 250 Å². The molecular formula is C39H23BrS. The minimum absolute atomic E-state index is 0.237. The van der Waals surface area contributed by atoms with E-state index in [1.807, 2.05) is 11.3 Å². The van der Waals surface area contributed by atoms with Gasteiger partial charge in [-0.05, 0) is 84.8 Å². The lowest BCUT2D eigenvalue weighted by Crippen LogP contribution is -1.99. The number of fused-ring (bicyclic) bond motifs is 10. The molecule has 7 aromatic carbocycles. The normalized spacial score (nSPS) is 14.2. The molecule has 0 spiro atoms. The second-order valence-corrected chi connectivity index (χ2v) is 12.9. The number of rotatable bonds is 2. The van der Waals surface area contributed by atoms with Gasteiger partial charge in [0.1, 0.15) is 0 Å². The quantitative estimate of drug-likeness (QED) is 0.173. The van der Waals surface area contributed by atoms with Crippen LogP contribution in [0.1, 0.15) is 22.6 Å². The average Bonchev–Trinajstić information content (AvgIpc) is 3.57. The zero-order valence-electron chi connectivity index (χ0n) is 22.1. The van der Waals surface area contributed by atoms with E-state index in [-0.39, 0.29) is 5.92 Å². The molecule has 9 rings (SSSR count). The van der Waals surface area contributed by atoms with Gasteiger partial charge in [-0.1, -0.05) is 125 Å². The maximum atomic E-state index is 4.02.